The van der Waals surface area contributed by atoms with Gasteiger partial charge in [-0.05, 0) is 50.2 Å². The molecule has 3 rings (SSSR count). The van der Waals surface area contributed by atoms with Crippen LogP contribution in [0.1, 0.15) is 24.2 Å². The number of nitrogens with one attached hydrogen (secondary N) is 2. The lowest BCUT2D eigenvalue weighted by molar-refractivity contribution is 0.0697. The van der Waals surface area contributed by atoms with Crippen LogP contribution < -0.4 is 10.6 Å². The van der Waals surface area contributed by atoms with Gasteiger partial charge in [0.1, 0.15) is 16.5 Å². The minimum absolute atomic E-state index is 0.0140. The molecule has 3 amide bonds. The maximum Gasteiger partial charge on any atom is 0.319 e. The number of piperazine rings is 1. The smallest absolute Gasteiger partial charge is 0.319 e. The van der Waals surface area contributed by atoms with E-state index in [0.29, 0.717) is 17.3 Å². The number of hydrogen-bond acceptors (Lipinski definition) is 4. The summed E-state index contributed by atoms with van der Waals surface area (Å²) in [5, 5.41) is 5.36. The number of halogens is 2. The second kappa shape index (κ2) is 9.61. The van der Waals surface area contributed by atoms with Gasteiger partial charge in [-0.15, -0.1) is 0 Å². The van der Waals surface area contributed by atoms with Crippen LogP contribution in [0.25, 0.3) is 0 Å². The Morgan fingerprint density at radius 1 is 0.969 bits per heavy atom. The zero-order valence-electron chi connectivity index (χ0n) is 17.6. The number of amides is 3. The van der Waals surface area contributed by atoms with Crippen molar-refractivity contribution in [1.29, 1.82) is 0 Å². The normalized spacial score (nSPS) is 15.0. The van der Waals surface area contributed by atoms with E-state index < -0.39 is 26.6 Å². The molecule has 1 fully saturated rings. The first-order chi connectivity index (χ1) is 15.1. The van der Waals surface area contributed by atoms with Crippen LogP contribution in [0.4, 0.5) is 19.3 Å². The number of sulfonamides is 1. The Morgan fingerprint density at radius 2 is 1.59 bits per heavy atom. The van der Waals surface area contributed by atoms with Gasteiger partial charge in [0.2, 0.25) is 10.0 Å². The number of rotatable bonds is 5. The molecule has 1 saturated heterocycles. The molecule has 0 aliphatic carbocycles. The van der Waals surface area contributed by atoms with Crippen LogP contribution in [-0.2, 0) is 10.0 Å². The highest BCUT2D eigenvalue weighted by atomic mass is 32.2. The second-order valence-electron chi connectivity index (χ2n) is 7.60. The van der Waals surface area contributed by atoms with Crippen molar-refractivity contribution in [3.05, 3.63) is 59.7 Å². The average Bonchev–Trinajstić information content (AvgIpc) is 2.73. The third kappa shape index (κ3) is 5.40. The summed E-state index contributed by atoms with van der Waals surface area (Å²) in [6.45, 7) is 3.89. The first kappa shape index (κ1) is 23.6. The molecule has 32 heavy (non-hydrogen) atoms. The van der Waals surface area contributed by atoms with E-state index >= 15 is 0 Å². The van der Waals surface area contributed by atoms with Crippen molar-refractivity contribution in [2.75, 3.05) is 31.5 Å². The minimum Gasteiger partial charge on any atom is -0.336 e. The number of benzene rings is 2. The molecule has 2 N–H and O–H groups in total. The summed E-state index contributed by atoms with van der Waals surface area (Å²) in [7, 11) is -4.14. The predicted molar refractivity (Wildman–Crippen MR) is 115 cm³/mol. The Hall–Kier alpha value is -3.05. The highest BCUT2D eigenvalue weighted by Crippen LogP contribution is 2.22. The third-order valence-corrected chi connectivity index (χ3v) is 6.78. The summed E-state index contributed by atoms with van der Waals surface area (Å²) in [5.74, 6) is -2.30. The topological polar surface area (TPSA) is 98.8 Å². The largest absolute Gasteiger partial charge is 0.336 e. The standard InChI is InChI=1S/C21H24F2N4O4S/c1-14(2)24-21(29)25-17-6-3-15(4-7-17)20(28)26-9-11-27(12-10-26)32(30,31)19-8-5-16(22)13-18(19)23/h3-8,13-14H,9-12H2,1-2H3,(H2,24,25,29). The van der Waals surface area contributed by atoms with Gasteiger partial charge >= 0.3 is 6.03 Å². The van der Waals surface area contributed by atoms with Crippen LogP contribution in [0.3, 0.4) is 0 Å². The lowest BCUT2D eigenvalue weighted by Crippen LogP contribution is -2.50. The number of anilines is 1. The Kier molecular flexibility index (Phi) is 7.09. The zero-order valence-corrected chi connectivity index (χ0v) is 18.5. The third-order valence-electron chi connectivity index (χ3n) is 4.85. The number of carbonyl (C=O) groups excluding carboxylic acids is 2. The number of hydrogen-bond donors (Lipinski definition) is 2. The van der Waals surface area contributed by atoms with Gasteiger partial charge in [-0.1, -0.05) is 0 Å². The van der Waals surface area contributed by atoms with E-state index in [1.807, 2.05) is 13.8 Å². The van der Waals surface area contributed by atoms with Gasteiger partial charge in [-0.3, -0.25) is 4.79 Å². The summed E-state index contributed by atoms with van der Waals surface area (Å²) < 4.78 is 53.5. The maximum absolute atomic E-state index is 14.0. The van der Waals surface area contributed by atoms with Gasteiger partial charge in [0.05, 0.1) is 0 Å². The molecular formula is C21H24F2N4O4S. The van der Waals surface area contributed by atoms with Gasteiger partial charge in [0, 0.05) is 49.5 Å². The van der Waals surface area contributed by atoms with Gasteiger partial charge in [-0.25, -0.2) is 22.0 Å². The van der Waals surface area contributed by atoms with Gasteiger partial charge in [0.25, 0.3) is 5.91 Å². The average molecular weight is 467 g/mol. The van der Waals surface area contributed by atoms with E-state index in [4.69, 9.17) is 0 Å². The molecule has 1 heterocycles. The van der Waals surface area contributed by atoms with E-state index in [9.17, 15) is 26.8 Å². The van der Waals surface area contributed by atoms with Crippen LogP contribution in [0.5, 0.6) is 0 Å². The fourth-order valence-corrected chi connectivity index (χ4v) is 4.73. The lowest BCUT2D eigenvalue weighted by atomic mass is 10.1. The number of nitrogens with zero attached hydrogens (tertiary/aromatic N) is 2. The molecule has 1 aliphatic heterocycles. The van der Waals surface area contributed by atoms with E-state index in [0.717, 1.165) is 16.4 Å². The molecule has 0 radical (unpaired) electrons. The molecule has 0 bridgehead atoms. The highest BCUT2D eigenvalue weighted by Gasteiger charge is 2.32. The fraction of sp³-hybridized carbons (Fsp3) is 0.333. The van der Waals surface area contributed by atoms with Crippen molar-refractivity contribution in [2.24, 2.45) is 0 Å². The number of carbonyl (C=O) groups is 2. The summed E-state index contributed by atoms with van der Waals surface area (Å²) in [5.41, 5.74) is 0.914. The Bertz CT molecular complexity index is 1100. The minimum atomic E-state index is -4.14. The maximum atomic E-state index is 14.0. The van der Waals surface area contributed by atoms with Gasteiger partial charge < -0.3 is 15.5 Å². The van der Waals surface area contributed by atoms with Gasteiger partial charge in [-0.2, -0.15) is 4.31 Å². The van der Waals surface area contributed by atoms with Gasteiger partial charge in [0.15, 0.2) is 0 Å². The Labute approximate surface area is 185 Å². The molecule has 0 unspecified atom stereocenters. The molecule has 11 heteroatoms. The van der Waals surface area contributed by atoms with Crippen molar-refractivity contribution in [2.45, 2.75) is 24.8 Å². The summed E-state index contributed by atoms with van der Waals surface area (Å²) in [6, 6.07) is 8.30. The van der Waals surface area contributed by atoms with Crippen LogP contribution in [0.15, 0.2) is 47.4 Å². The molecule has 0 aromatic heterocycles. The van der Waals surface area contributed by atoms with Crippen molar-refractivity contribution in [3.8, 4) is 0 Å². The van der Waals surface area contributed by atoms with E-state index in [1.54, 1.807) is 24.3 Å². The SMILES string of the molecule is CC(C)NC(=O)Nc1ccc(C(=O)N2CCN(S(=O)(=O)c3ccc(F)cc3F)CC2)cc1. The molecule has 1 aliphatic rings. The molecule has 0 atom stereocenters. The fourth-order valence-electron chi connectivity index (χ4n) is 3.26. The zero-order chi connectivity index (χ0) is 23.5. The van der Waals surface area contributed by atoms with Crippen molar-refractivity contribution >= 4 is 27.6 Å². The van der Waals surface area contributed by atoms with Crippen molar-refractivity contribution in [3.63, 3.8) is 0 Å². The van der Waals surface area contributed by atoms with Crippen molar-refractivity contribution in [1.82, 2.24) is 14.5 Å². The lowest BCUT2D eigenvalue weighted by Gasteiger charge is -2.34. The van der Waals surface area contributed by atoms with Crippen LogP contribution in [0, 0.1) is 11.6 Å². The van der Waals surface area contributed by atoms with Crippen LogP contribution >= 0.6 is 0 Å². The van der Waals surface area contributed by atoms with E-state index in [-0.39, 0.29) is 44.2 Å². The molecule has 8 nitrogen and oxygen atoms in total. The molecular weight excluding hydrogens is 442 g/mol. The Balaban J connectivity index is 1.61. The van der Waals surface area contributed by atoms with Crippen LogP contribution in [-0.4, -0.2) is 61.8 Å². The van der Waals surface area contributed by atoms with Crippen LogP contribution in [0.2, 0.25) is 0 Å². The monoisotopic (exact) mass is 466 g/mol. The second-order valence-corrected chi connectivity index (χ2v) is 9.51. The predicted octanol–water partition coefficient (Wildman–Crippen LogP) is 2.64. The van der Waals surface area contributed by atoms with Crippen molar-refractivity contribution < 1.29 is 26.8 Å². The van der Waals surface area contributed by atoms with E-state index in [1.165, 1.54) is 4.90 Å². The molecule has 172 valence electrons. The molecule has 0 spiro atoms. The summed E-state index contributed by atoms with van der Waals surface area (Å²) in [4.78, 5) is 25.4. The molecule has 2 aromatic carbocycles. The molecule has 2 aromatic rings. The Morgan fingerprint density at radius 3 is 2.16 bits per heavy atom. The summed E-state index contributed by atoms with van der Waals surface area (Å²) >= 11 is 0. The first-order valence-electron chi connectivity index (χ1n) is 10.00. The summed E-state index contributed by atoms with van der Waals surface area (Å²) in [6.07, 6.45) is 0. The number of urea groups is 1. The van der Waals surface area contributed by atoms with E-state index in [2.05, 4.69) is 10.6 Å². The quantitative estimate of drug-likeness (QED) is 0.708. The first-order valence-corrected chi connectivity index (χ1v) is 11.4. The highest BCUT2D eigenvalue weighted by molar-refractivity contribution is 7.89. The molecule has 0 saturated carbocycles.